The van der Waals surface area contributed by atoms with Crippen LogP contribution in [0.1, 0.15) is 69.7 Å². The van der Waals surface area contributed by atoms with E-state index in [2.05, 4.69) is 5.32 Å². The minimum absolute atomic E-state index is 0.122. The Kier molecular flexibility index (Phi) is 7.00. The summed E-state index contributed by atoms with van der Waals surface area (Å²) in [5, 5.41) is 2.60. The molecule has 1 saturated carbocycles. The van der Waals surface area contributed by atoms with Gasteiger partial charge in [0, 0.05) is 18.3 Å². The lowest BCUT2D eigenvalue weighted by Gasteiger charge is -2.44. The van der Waals surface area contributed by atoms with Crippen LogP contribution < -0.4 is 5.32 Å². The second-order valence-electron chi connectivity index (χ2n) is 9.13. The van der Waals surface area contributed by atoms with E-state index in [9.17, 15) is 14.4 Å². The Labute approximate surface area is 178 Å². The summed E-state index contributed by atoms with van der Waals surface area (Å²) in [4.78, 5) is 39.0. The molecule has 0 bridgehead atoms. The van der Waals surface area contributed by atoms with Crippen molar-refractivity contribution >= 4 is 23.7 Å². The Hall–Kier alpha value is -2.57. The van der Waals surface area contributed by atoms with Crippen LogP contribution in [0.4, 0.5) is 10.5 Å². The minimum atomic E-state index is -0.618. The fourth-order valence-corrected chi connectivity index (χ4v) is 4.37. The first-order chi connectivity index (χ1) is 14.2. The van der Waals surface area contributed by atoms with Crippen LogP contribution in [-0.2, 0) is 14.3 Å². The number of rotatable bonds is 4. The maximum absolute atomic E-state index is 12.7. The summed E-state index contributed by atoms with van der Waals surface area (Å²) in [7, 11) is 0. The highest BCUT2D eigenvalue weighted by atomic mass is 16.6. The number of carbonyl (C=O) groups is 3. The molecule has 1 heterocycles. The number of nitrogens with one attached hydrogen (secondary N) is 1. The summed E-state index contributed by atoms with van der Waals surface area (Å²) in [6.07, 6.45) is 6.23. The number of fused-ring (bicyclic) bond motifs is 1. The van der Waals surface area contributed by atoms with E-state index >= 15 is 0 Å². The smallest absolute Gasteiger partial charge is 0.412 e. The fourth-order valence-electron chi connectivity index (χ4n) is 4.37. The fraction of sp³-hybridized carbons (Fsp3) is 0.609. The number of amides is 2. The Morgan fingerprint density at radius 3 is 2.60 bits per heavy atom. The van der Waals surface area contributed by atoms with E-state index in [1.54, 1.807) is 39.0 Å². The zero-order chi connectivity index (χ0) is 21.7. The highest BCUT2D eigenvalue weighted by Crippen LogP contribution is 2.35. The third-order valence-corrected chi connectivity index (χ3v) is 5.63. The second-order valence-corrected chi connectivity index (χ2v) is 9.13. The molecule has 7 nitrogen and oxygen atoms in total. The Balaban J connectivity index is 1.54. The van der Waals surface area contributed by atoms with Gasteiger partial charge in [-0.1, -0.05) is 18.9 Å². The molecule has 3 rings (SSSR count). The van der Waals surface area contributed by atoms with Crippen LogP contribution in [0.2, 0.25) is 0 Å². The molecule has 1 aliphatic heterocycles. The van der Waals surface area contributed by atoms with E-state index in [0.717, 1.165) is 25.8 Å². The third-order valence-electron chi connectivity index (χ3n) is 5.63. The number of carbonyl (C=O) groups excluding carboxylic acids is 3. The molecule has 2 amide bonds. The van der Waals surface area contributed by atoms with Gasteiger partial charge < -0.3 is 14.4 Å². The lowest BCUT2D eigenvalue weighted by molar-refractivity contribution is -0.140. The SMILES string of the molecule is CC(C)(C)OC(=O)Nc1cccc(C(=O)OCC(=O)N2CCC[C@H]3CCCC[C@H]32)c1. The van der Waals surface area contributed by atoms with Crippen molar-refractivity contribution in [1.29, 1.82) is 0 Å². The molecule has 7 heteroatoms. The van der Waals surface area contributed by atoms with Crippen LogP contribution in [0.25, 0.3) is 0 Å². The van der Waals surface area contributed by atoms with Crippen LogP contribution in [0, 0.1) is 5.92 Å². The monoisotopic (exact) mass is 416 g/mol. The van der Waals surface area contributed by atoms with Crippen molar-refractivity contribution in [3.63, 3.8) is 0 Å². The van der Waals surface area contributed by atoms with Gasteiger partial charge in [-0.25, -0.2) is 9.59 Å². The van der Waals surface area contributed by atoms with Crippen molar-refractivity contribution in [3.8, 4) is 0 Å². The number of benzene rings is 1. The van der Waals surface area contributed by atoms with Gasteiger partial charge in [0.1, 0.15) is 5.60 Å². The van der Waals surface area contributed by atoms with Gasteiger partial charge in [0.25, 0.3) is 5.91 Å². The van der Waals surface area contributed by atoms with E-state index in [1.807, 2.05) is 4.90 Å². The molecular weight excluding hydrogens is 384 g/mol. The van der Waals surface area contributed by atoms with E-state index < -0.39 is 17.7 Å². The van der Waals surface area contributed by atoms with E-state index in [4.69, 9.17) is 9.47 Å². The number of hydrogen-bond donors (Lipinski definition) is 1. The van der Waals surface area contributed by atoms with E-state index in [0.29, 0.717) is 17.6 Å². The van der Waals surface area contributed by atoms with Crippen LogP contribution in [0.3, 0.4) is 0 Å². The van der Waals surface area contributed by atoms with Crippen molar-refractivity contribution in [2.45, 2.75) is 70.9 Å². The minimum Gasteiger partial charge on any atom is -0.452 e. The van der Waals surface area contributed by atoms with Gasteiger partial charge >= 0.3 is 12.1 Å². The molecular formula is C23H32N2O5. The summed E-state index contributed by atoms with van der Waals surface area (Å²) < 4.78 is 10.5. The van der Waals surface area contributed by atoms with Gasteiger partial charge in [0.15, 0.2) is 6.61 Å². The molecule has 0 spiro atoms. The standard InChI is InChI=1S/C23H32N2O5/c1-23(2,3)30-22(28)24-18-11-6-9-17(14-18)21(27)29-15-20(26)25-13-7-10-16-8-4-5-12-19(16)25/h6,9,11,14,16,19H,4-5,7-8,10,12-13,15H2,1-3H3,(H,24,28)/t16-,19-/m1/s1. The number of esters is 1. The Morgan fingerprint density at radius 1 is 1.10 bits per heavy atom. The maximum Gasteiger partial charge on any atom is 0.412 e. The number of piperidine rings is 1. The molecule has 2 atom stereocenters. The van der Waals surface area contributed by atoms with Crippen LogP contribution in [0.5, 0.6) is 0 Å². The van der Waals surface area contributed by atoms with E-state index in [1.165, 1.54) is 25.3 Å². The third kappa shape index (κ3) is 5.97. The summed E-state index contributed by atoms with van der Waals surface area (Å²) in [6.45, 7) is 5.80. The Bertz CT molecular complexity index is 784. The Morgan fingerprint density at radius 2 is 1.83 bits per heavy atom. The summed E-state index contributed by atoms with van der Waals surface area (Å²) in [6, 6.07) is 6.69. The average molecular weight is 417 g/mol. The summed E-state index contributed by atoms with van der Waals surface area (Å²) in [5.74, 6) is -0.126. The zero-order valence-corrected chi connectivity index (χ0v) is 18.1. The summed E-state index contributed by atoms with van der Waals surface area (Å²) >= 11 is 0. The van der Waals surface area contributed by atoms with Crippen LogP contribution in [-0.4, -0.2) is 47.7 Å². The molecule has 164 valence electrons. The first kappa shape index (κ1) is 22.1. The predicted octanol–water partition coefficient (Wildman–Crippen LogP) is 4.37. The molecule has 1 aliphatic carbocycles. The van der Waals surface area contributed by atoms with Crippen molar-refractivity contribution in [1.82, 2.24) is 4.90 Å². The molecule has 0 unspecified atom stereocenters. The molecule has 1 aromatic rings. The van der Waals surface area contributed by atoms with Crippen molar-refractivity contribution < 1.29 is 23.9 Å². The second kappa shape index (κ2) is 9.49. The average Bonchev–Trinajstić information content (AvgIpc) is 2.70. The number of anilines is 1. The first-order valence-electron chi connectivity index (χ1n) is 10.8. The first-order valence-corrected chi connectivity index (χ1v) is 10.8. The molecule has 1 saturated heterocycles. The highest BCUT2D eigenvalue weighted by molar-refractivity contribution is 5.93. The van der Waals surface area contributed by atoms with Gasteiger partial charge in [-0.05, 0) is 70.6 Å². The van der Waals surface area contributed by atoms with Gasteiger partial charge in [-0.3, -0.25) is 10.1 Å². The van der Waals surface area contributed by atoms with Crippen LogP contribution >= 0.6 is 0 Å². The zero-order valence-electron chi connectivity index (χ0n) is 18.1. The predicted molar refractivity (Wildman–Crippen MR) is 113 cm³/mol. The molecule has 30 heavy (non-hydrogen) atoms. The number of likely N-dealkylation sites (tertiary alicyclic amines) is 1. The maximum atomic E-state index is 12.7. The summed E-state index contributed by atoms with van der Waals surface area (Å²) in [5.41, 5.74) is 0.0731. The number of ether oxygens (including phenoxy) is 2. The van der Waals surface area contributed by atoms with Crippen molar-refractivity contribution in [3.05, 3.63) is 29.8 Å². The molecule has 2 aliphatic rings. The molecule has 0 aromatic heterocycles. The van der Waals surface area contributed by atoms with Crippen molar-refractivity contribution in [2.75, 3.05) is 18.5 Å². The lowest BCUT2D eigenvalue weighted by atomic mass is 9.78. The number of hydrogen-bond acceptors (Lipinski definition) is 5. The highest BCUT2D eigenvalue weighted by Gasteiger charge is 2.35. The quantitative estimate of drug-likeness (QED) is 0.737. The van der Waals surface area contributed by atoms with Gasteiger partial charge in [0.05, 0.1) is 5.56 Å². The van der Waals surface area contributed by atoms with E-state index in [-0.39, 0.29) is 18.1 Å². The molecule has 1 aromatic carbocycles. The molecule has 0 radical (unpaired) electrons. The molecule has 1 N–H and O–H groups in total. The largest absolute Gasteiger partial charge is 0.452 e. The normalized spacial score (nSPS) is 21.4. The molecule has 2 fully saturated rings. The number of nitrogens with zero attached hydrogens (tertiary/aromatic N) is 1. The van der Waals surface area contributed by atoms with Crippen LogP contribution in [0.15, 0.2) is 24.3 Å². The van der Waals surface area contributed by atoms with Crippen molar-refractivity contribution in [2.24, 2.45) is 5.92 Å². The topological polar surface area (TPSA) is 84.9 Å². The van der Waals surface area contributed by atoms with Gasteiger partial charge in [-0.2, -0.15) is 0 Å². The van der Waals surface area contributed by atoms with Gasteiger partial charge in [-0.15, -0.1) is 0 Å². The lowest BCUT2D eigenvalue weighted by Crippen LogP contribution is -2.50. The van der Waals surface area contributed by atoms with Gasteiger partial charge in [0.2, 0.25) is 0 Å².